The summed E-state index contributed by atoms with van der Waals surface area (Å²) in [5.74, 6) is -1.02. The number of amides is 1. The number of carbonyl (C=O) groups is 2. The van der Waals surface area contributed by atoms with E-state index in [9.17, 15) is 14.7 Å². The van der Waals surface area contributed by atoms with Gasteiger partial charge in [0, 0.05) is 6.20 Å². The molecule has 0 aliphatic heterocycles. The van der Waals surface area contributed by atoms with E-state index in [0.717, 1.165) is 51.4 Å². The van der Waals surface area contributed by atoms with E-state index in [1.165, 1.54) is 23.4 Å². The number of pyridine rings is 1. The first-order chi connectivity index (χ1) is 14.0. The summed E-state index contributed by atoms with van der Waals surface area (Å²) in [6.07, 6.45) is 9.34. The zero-order chi connectivity index (χ0) is 22.2. The van der Waals surface area contributed by atoms with Crippen LogP contribution in [0.2, 0.25) is 0 Å². The second kappa shape index (κ2) is 8.16. The fraction of sp³-hybridized carbons (Fsp3) is 0.640. The molecule has 30 heavy (non-hydrogen) atoms. The smallest absolute Gasteiger partial charge is 0.339 e. The van der Waals surface area contributed by atoms with E-state index in [1.54, 1.807) is 6.07 Å². The highest BCUT2D eigenvalue weighted by Crippen LogP contribution is 2.61. The first-order valence-electron chi connectivity index (χ1n) is 11.3. The van der Waals surface area contributed by atoms with Crippen molar-refractivity contribution in [1.82, 2.24) is 4.98 Å². The Kier molecular flexibility index (Phi) is 6.13. The monoisotopic (exact) mass is 412 g/mol. The Morgan fingerprint density at radius 3 is 2.20 bits per heavy atom. The normalized spacial score (nSPS) is 21.2. The van der Waals surface area contributed by atoms with E-state index in [4.69, 9.17) is 0 Å². The number of aromatic carboxylic acids is 1. The molecule has 0 spiro atoms. The zero-order valence-electron chi connectivity index (χ0n) is 19.1. The van der Waals surface area contributed by atoms with Gasteiger partial charge >= 0.3 is 5.97 Å². The fourth-order valence-corrected chi connectivity index (χ4v) is 5.26. The molecule has 0 saturated carbocycles. The van der Waals surface area contributed by atoms with Crippen LogP contribution in [-0.4, -0.2) is 22.0 Å². The molecule has 5 heteroatoms. The highest BCUT2D eigenvalue weighted by atomic mass is 16.4. The standard InChI is InChI=1S/C25H36N2O3/c1-6-7-8-11-25(22(30)27-20-17(21(28)29)10-9-14-26-20)15-18-19(16-25)24(4,5)13-12-23(18,2)3/h9-10,14H,6-8,11-13,15-16H2,1-5H3,(H,28,29)(H,26,27,30). The van der Waals surface area contributed by atoms with Crippen LogP contribution >= 0.6 is 0 Å². The van der Waals surface area contributed by atoms with Crippen LogP contribution in [0.5, 0.6) is 0 Å². The number of hydrogen-bond donors (Lipinski definition) is 2. The molecule has 0 aromatic carbocycles. The minimum Gasteiger partial charge on any atom is -0.478 e. The third-order valence-electron chi connectivity index (χ3n) is 7.41. The lowest BCUT2D eigenvalue weighted by atomic mass is 9.64. The lowest BCUT2D eigenvalue weighted by molar-refractivity contribution is -0.125. The molecular weight excluding hydrogens is 376 g/mol. The Morgan fingerprint density at radius 1 is 1.07 bits per heavy atom. The number of carboxylic acid groups (broad SMARTS) is 1. The van der Waals surface area contributed by atoms with E-state index < -0.39 is 11.4 Å². The van der Waals surface area contributed by atoms with Crippen molar-refractivity contribution in [3.05, 3.63) is 35.0 Å². The van der Waals surface area contributed by atoms with Gasteiger partial charge in [0.25, 0.3) is 0 Å². The fourth-order valence-electron chi connectivity index (χ4n) is 5.26. The number of carbonyl (C=O) groups excluding carboxylic acids is 1. The number of nitrogens with zero attached hydrogens (tertiary/aromatic N) is 1. The van der Waals surface area contributed by atoms with E-state index in [1.807, 2.05) is 0 Å². The van der Waals surface area contributed by atoms with E-state index >= 15 is 0 Å². The lowest BCUT2D eigenvalue weighted by Gasteiger charge is -2.41. The molecule has 1 heterocycles. The van der Waals surface area contributed by atoms with Crippen LogP contribution in [-0.2, 0) is 4.79 Å². The van der Waals surface area contributed by atoms with Gasteiger partial charge in [-0.15, -0.1) is 0 Å². The molecule has 0 saturated heterocycles. The second-order valence-electron chi connectivity index (χ2n) is 10.5. The van der Waals surface area contributed by atoms with Crippen molar-refractivity contribution in [3.8, 4) is 0 Å². The Labute approximate surface area is 180 Å². The summed E-state index contributed by atoms with van der Waals surface area (Å²) in [6.45, 7) is 11.4. The van der Waals surface area contributed by atoms with Gasteiger partial charge in [0.2, 0.25) is 5.91 Å². The minimum absolute atomic E-state index is 0.0333. The van der Waals surface area contributed by atoms with Crippen LogP contribution in [0.25, 0.3) is 0 Å². The number of allylic oxidation sites excluding steroid dienone is 2. The van der Waals surface area contributed by atoms with E-state index in [0.29, 0.717) is 0 Å². The van der Waals surface area contributed by atoms with Crippen LogP contribution in [0.4, 0.5) is 5.82 Å². The molecule has 2 aliphatic carbocycles. The van der Waals surface area contributed by atoms with Crippen molar-refractivity contribution in [2.75, 3.05) is 5.32 Å². The maximum Gasteiger partial charge on any atom is 0.339 e. The predicted molar refractivity (Wildman–Crippen MR) is 119 cm³/mol. The van der Waals surface area contributed by atoms with Gasteiger partial charge in [-0.3, -0.25) is 4.79 Å². The molecule has 2 N–H and O–H groups in total. The SMILES string of the molecule is CCCCCC1(C(=O)Nc2ncccc2C(=O)O)CC2=C(C1)C(C)(C)CCC2(C)C. The molecule has 0 atom stereocenters. The van der Waals surface area contributed by atoms with Gasteiger partial charge in [-0.25, -0.2) is 9.78 Å². The Hall–Kier alpha value is -2.17. The molecular formula is C25H36N2O3. The highest BCUT2D eigenvalue weighted by molar-refractivity contribution is 6.01. The number of hydrogen-bond acceptors (Lipinski definition) is 3. The summed E-state index contributed by atoms with van der Waals surface area (Å²) in [5.41, 5.74) is 2.62. The molecule has 0 bridgehead atoms. The molecule has 1 amide bonds. The molecule has 5 nitrogen and oxygen atoms in total. The van der Waals surface area contributed by atoms with Gasteiger partial charge in [0.1, 0.15) is 11.4 Å². The molecule has 1 aromatic rings. The maximum atomic E-state index is 13.7. The van der Waals surface area contributed by atoms with Gasteiger partial charge in [0.05, 0.1) is 5.41 Å². The highest BCUT2D eigenvalue weighted by Gasteiger charge is 2.52. The van der Waals surface area contributed by atoms with Crippen molar-refractivity contribution < 1.29 is 14.7 Å². The third-order valence-corrected chi connectivity index (χ3v) is 7.41. The summed E-state index contributed by atoms with van der Waals surface area (Å²) in [6, 6.07) is 3.07. The van der Waals surface area contributed by atoms with Crippen molar-refractivity contribution in [3.63, 3.8) is 0 Å². The van der Waals surface area contributed by atoms with Crippen LogP contribution in [0.15, 0.2) is 29.5 Å². The van der Waals surface area contributed by atoms with Gasteiger partial charge in [-0.05, 0) is 55.1 Å². The quantitative estimate of drug-likeness (QED) is 0.411. The minimum atomic E-state index is -1.08. The average Bonchev–Trinajstić information content (AvgIpc) is 3.10. The number of anilines is 1. The first-order valence-corrected chi connectivity index (χ1v) is 11.3. The van der Waals surface area contributed by atoms with Gasteiger partial charge < -0.3 is 10.4 Å². The topological polar surface area (TPSA) is 79.3 Å². The summed E-state index contributed by atoms with van der Waals surface area (Å²) < 4.78 is 0. The second-order valence-corrected chi connectivity index (χ2v) is 10.5. The predicted octanol–water partition coefficient (Wildman–Crippen LogP) is 6.22. The van der Waals surface area contributed by atoms with Crippen LogP contribution in [0.1, 0.15) is 96.3 Å². The zero-order valence-corrected chi connectivity index (χ0v) is 19.1. The van der Waals surface area contributed by atoms with Crippen molar-refractivity contribution in [2.45, 2.75) is 86.0 Å². The third kappa shape index (κ3) is 4.17. The Bertz CT molecular complexity index is 839. The number of carboxylic acids is 1. The average molecular weight is 413 g/mol. The van der Waals surface area contributed by atoms with Crippen LogP contribution in [0.3, 0.4) is 0 Å². The molecule has 0 radical (unpaired) electrons. The van der Waals surface area contributed by atoms with Crippen LogP contribution in [0, 0.1) is 16.2 Å². The molecule has 0 fully saturated rings. The summed E-state index contributed by atoms with van der Waals surface area (Å²) in [4.78, 5) is 29.5. The van der Waals surface area contributed by atoms with E-state index in [2.05, 4.69) is 44.9 Å². The maximum absolute atomic E-state index is 13.7. The molecule has 2 aliphatic rings. The van der Waals surface area contributed by atoms with Gasteiger partial charge in [-0.2, -0.15) is 0 Å². The van der Waals surface area contributed by atoms with Gasteiger partial charge in [0.15, 0.2) is 0 Å². The molecule has 164 valence electrons. The molecule has 1 aromatic heterocycles. The number of rotatable bonds is 7. The molecule has 0 unspecified atom stereocenters. The Morgan fingerprint density at radius 2 is 1.67 bits per heavy atom. The summed E-state index contributed by atoms with van der Waals surface area (Å²) >= 11 is 0. The van der Waals surface area contributed by atoms with Crippen LogP contribution < -0.4 is 5.32 Å². The van der Waals surface area contributed by atoms with Crippen molar-refractivity contribution in [1.29, 1.82) is 0 Å². The number of nitrogens with one attached hydrogen (secondary N) is 1. The lowest BCUT2D eigenvalue weighted by Crippen LogP contribution is -2.36. The number of aromatic nitrogens is 1. The Balaban J connectivity index is 1.95. The summed E-state index contributed by atoms with van der Waals surface area (Å²) in [7, 11) is 0. The van der Waals surface area contributed by atoms with E-state index in [-0.39, 0.29) is 28.1 Å². The summed E-state index contributed by atoms with van der Waals surface area (Å²) in [5, 5.41) is 12.4. The largest absolute Gasteiger partial charge is 0.478 e. The first kappa shape index (κ1) is 22.5. The van der Waals surface area contributed by atoms with Crippen molar-refractivity contribution in [2.24, 2.45) is 16.2 Å². The number of unbranched alkanes of at least 4 members (excludes halogenated alkanes) is 2. The molecule has 3 rings (SSSR count). The van der Waals surface area contributed by atoms with Crippen molar-refractivity contribution >= 4 is 17.7 Å². The van der Waals surface area contributed by atoms with Gasteiger partial charge in [-0.1, -0.05) is 65.0 Å².